The fraction of sp³-hybridized carbons (Fsp3) is 0.478. The highest BCUT2D eigenvalue weighted by Crippen LogP contribution is 2.29. The molecule has 0 atom stereocenters. The first-order valence-electron chi connectivity index (χ1n) is 10.3. The Balaban J connectivity index is 1.25. The zero-order valence-electron chi connectivity index (χ0n) is 16.7. The number of piperazine rings is 1. The average molecular weight is 384 g/mol. The Morgan fingerprint density at radius 1 is 0.893 bits per heavy atom. The quantitative estimate of drug-likeness (QED) is 0.785. The standard InChI is InChI=1S/C23H30FN3O/c1-28-23-5-3-2-4-22(23)27-16-14-26(15-17-27)21-10-12-25(13-11-21)18-19-6-8-20(24)9-7-19/h2-9,21H,10-18H2,1H3. The lowest BCUT2D eigenvalue weighted by molar-refractivity contribution is 0.0997. The first-order chi connectivity index (χ1) is 13.7. The van der Waals surface area contributed by atoms with Gasteiger partial charge in [-0.05, 0) is 55.8 Å². The maximum absolute atomic E-state index is 13.1. The molecule has 2 aliphatic rings. The molecule has 4 rings (SSSR count). The van der Waals surface area contributed by atoms with Crippen LogP contribution < -0.4 is 9.64 Å². The van der Waals surface area contributed by atoms with E-state index >= 15 is 0 Å². The molecule has 0 N–H and O–H groups in total. The summed E-state index contributed by atoms with van der Waals surface area (Å²) in [4.78, 5) is 7.61. The van der Waals surface area contributed by atoms with Crippen LogP contribution in [0, 0.1) is 5.82 Å². The van der Waals surface area contributed by atoms with E-state index in [0.29, 0.717) is 6.04 Å². The summed E-state index contributed by atoms with van der Waals surface area (Å²) in [6, 6.07) is 15.9. The van der Waals surface area contributed by atoms with Crippen LogP contribution in [0.4, 0.5) is 10.1 Å². The molecule has 0 saturated carbocycles. The molecule has 0 unspecified atom stereocenters. The van der Waals surface area contributed by atoms with Crippen molar-refractivity contribution in [2.45, 2.75) is 25.4 Å². The molecular weight excluding hydrogens is 353 g/mol. The fourth-order valence-electron chi connectivity index (χ4n) is 4.51. The molecule has 0 radical (unpaired) electrons. The average Bonchev–Trinajstić information content (AvgIpc) is 2.76. The van der Waals surface area contributed by atoms with Crippen LogP contribution in [0.25, 0.3) is 0 Å². The van der Waals surface area contributed by atoms with Crippen molar-refractivity contribution in [1.29, 1.82) is 0 Å². The number of piperidine rings is 1. The van der Waals surface area contributed by atoms with Crippen LogP contribution in [-0.4, -0.2) is 62.2 Å². The predicted octanol–water partition coefficient (Wildman–Crippen LogP) is 3.62. The third-order valence-electron chi connectivity index (χ3n) is 6.13. The van der Waals surface area contributed by atoms with Crippen molar-refractivity contribution in [2.24, 2.45) is 0 Å². The van der Waals surface area contributed by atoms with Crippen LogP contribution >= 0.6 is 0 Å². The number of halogens is 1. The zero-order valence-corrected chi connectivity index (χ0v) is 16.7. The van der Waals surface area contributed by atoms with E-state index in [4.69, 9.17) is 4.74 Å². The Morgan fingerprint density at radius 3 is 2.25 bits per heavy atom. The minimum Gasteiger partial charge on any atom is -0.495 e. The molecule has 28 heavy (non-hydrogen) atoms. The van der Waals surface area contributed by atoms with Gasteiger partial charge in [-0.3, -0.25) is 9.80 Å². The molecule has 4 nitrogen and oxygen atoms in total. The molecule has 2 aliphatic heterocycles. The zero-order chi connectivity index (χ0) is 19.3. The molecule has 0 bridgehead atoms. The number of likely N-dealkylation sites (tertiary alicyclic amines) is 1. The lowest BCUT2D eigenvalue weighted by Gasteiger charge is -2.43. The van der Waals surface area contributed by atoms with Crippen LogP contribution in [0.1, 0.15) is 18.4 Å². The molecule has 0 spiro atoms. The van der Waals surface area contributed by atoms with E-state index in [1.54, 1.807) is 19.2 Å². The Bertz CT molecular complexity index is 751. The Labute approximate surface area is 167 Å². The lowest BCUT2D eigenvalue weighted by Crippen LogP contribution is -2.53. The van der Waals surface area contributed by atoms with Gasteiger partial charge in [-0.2, -0.15) is 0 Å². The molecule has 2 saturated heterocycles. The van der Waals surface area contributed by atoms with Crippen molar-refractivity contribution >= 4 is 5.69 Å². The van der Waals surface area contributed by atoms with Gasteiger partial charge in [-0.15, -0.1) is 0 Å². The van der Waals surface area contributed by atoms with Gasteiger partial charge in [0.2, 0.25) is 0 Å². The largest absolute Gasteiger partial charge is 0.495 e. The number of hydrogen-bond donors (Lipinski definition) is 0. The highest BCUT2D eigenvalue weighted by atomic mass is 19.1. The van der Waals surface area contributed by atoms with Crippen LogP contribution in [0.5, 0.6) is 5.75 Å². The molecule has 0 amide bonds. The van der Waals surface area contributed by atoms with E-state index in [-0.39, 0.29) is 5.82 Å². The summed E-state index contributed by atoms with van der Waals surface area (Å²) in [5, 5.41) is 0. The summed E-state index contributed by atoms with van der Waals surface area (Å²) in [6.07, 6.45) is 2.44. The summed E-state index contributed by atoms with van der Waals surface area (Å²) >= 11 is 0. The number of rotatable bonds is 5. The molecule has 2 heterocycles. The maximum atomic E-state index is 13.1. The summed E-state index contributed by atoms with van der Waals surface area (Å²) < 4.78 is 18.6. The van der Waals surface area contributed by atoms with E-state index in [2.05, 4.69) is 26.8 Å². The Morgan fingerprint density at radius 2 is 1.57 bits per heavy atom. The number of nitrogens with zero attached hydrogens (tertiary/aromatic N) is 3. The molecule has 150 valence electrons. The Kier molecular flexibility index (Phi) is 6.13. The summed E-state index contributed by atoms with van der Waals surface area (Å²) in [7, 11) is 1.74. The maximum Gasteiger partial charge on any atom is 0.142 e. The molecule has 2 aromatic carbocycles. The van der Waals surface area contributed by atoms with E-state index in [0.717, 1.165) is 51.6 Å². The number of methoxy groups -OCH3 is 1. The van der Waals surface area contributed by atoms with Gasteiger partial charge in [0, 0.05) is 38.8 Å². The summed E-state index contributed by atoms with van der Waals surface area (Å²) in [6.45, 7) is 7.49. The lowest BCUT2D eigenvalue weighted by atomic mass is 10.0. The third-order valence-corrected chi connectivity index (χ3v) is 6.13. The number of anilines is 1. The number of benzene rings is 2. The summed E-state index contributed by atoms with van der Waals surface area (Å²) in [5.74, 6) is 0.805. The molecular formula is C23H30FN3O. The molecule has 0 aliphatic carbocycles. The SMILES string of the molecule is COc1ccccc1N1CCN(C2CCN(Cc3ccc(F)cc3)CC2)CC1. The molecule has 2 fully saturated rings. The van der Waals surface area contributed by atoms with Crippen molar-refractivity contribution in [3.8, 4) is 5.75 Å². The van der Waals surface area contributed by atoms with Gasteiger partial charge in [0.25, 0.3) is 0 Å². The van der Waals surface area contributed by atoms with Gasteiger partial charge in [-0.1, -0.05) is 24.3 Å². The predicted molar refractivity (Wildman–Crippen MR) is 111 cm³/mol. The van der Waals surface area contributed by atoms with Gasteiger partial charge in [0.1, 0.15) is 11.6 Å². The summed E-state index contributed by atoms with van der Waals surface area (Å²) in [5.41, 5.74) is 2.41. The second-order valence-electron chi connectivity index (χ2n) is 7.83. The van der Waals surface area contributed by atoms with Gasteiger partial charge >= 0.3 is 0 Å². The van der Waals surface area contributed by atoms with Gasteiger partial charge in [0.05, 0.1) is 12.8 Å². The highest BCUT2D eigenvalue weighted by molar-refractivity contribution is 5.58. The van der Waals surface area contributed by atoms with Crippen molar-refractivity contribution in [3.05, 3.63) is 59.9 Å². The monoisotopic (exact) mass is 383 g/mol. The second kappa shape index (κ2) is 8.93. The van der Waals surface area contributed by atoms with Crippen molar-refractivity contribution < 1.29 is 9.13 Å². The third kappa shape index (κ3) is 4.47. The van der Waals surface area contributed by atoms with Crippen molar-refractivity contribution in [3.63, 3.8) is 0 Å². The second-order valence-corrected chi connectivity index (χ2v) is 7.83. The highest BCUT2D eigenvalue weighted by Gasteiger charge is 2.28. The van der Waals surface area contributed by atoms with Crippen LogP contribution in [0.15, 0.2) is 48.5 Å². The number of ether oxygens (including phenoxy) is 1. The van der Waals surface area contributed by atoms with E-state index in [1.807, 2.05) is 24.3 Å². The van der Waals surface area contributed by atoms with E-state index in [1.165, 1.54) is 24.1 Å². The molecule has 0 aromatic heterocycles. The van der Waals surface area contributed by atoms with Crippen LogP contribution in [0.3, 0.4) is 0 Å². The van der Waals surface area contributed by atoms with E-state index < -0.39 is 0 Å². The van der Waals surface area contributed by atoms with Gasteiger partial charge in [0.15, 0.2) is 0 Å². The Hall–Kier alpha value is -2.11. The van der Waals surface area contributed by atoms with E-state index in [9.17, 15) is 4.39 Å². The minimum atomic E-state index is -0.158. The number of hydrogen-bond acceptors (Lipinski definition) is 4. The van der Waals surface area contributed by atoms with Gasteiger partial charge < -0.3 is 9.64 Å². The smallest absolute Gasteiger partial charge is 0.142 e. The van der Waals surface area contributed by atoms with Crippen LogP contribution in [0.2, 0.25) is 0 Å². The minimum absolute atomic E-state index is 0.158. The molecule has 2 aromatic rings. The number of para-hydroxylation sites is 2. The normalized spacial score (nSPS) is 19.7. The van der Waals surface area contributed by atoms with Gasteiger partial charge in [-0.25, -0.2) is 4.39 Å². The van der Waals surface area contributed by atoms with Crippen molar-refractivity contribution in [2.75, 3.05) is 51.3 Å². The fourth-order valence-corrected chi connectivity index (χ4v) is 4.51. The van der Waals surface area contributed by atoms with Crippen molar-refractivity contribution in [1.82, 2.24) is 9.80 Å². The first-order valence-corrected chi connectivity index (χ1v) is 10.3. The van der Waals surface area contributed by atoms with Crippen LogP contribution in [-0.2, 0) is 6.54 Å². The topological polar surface area (TPSA) is 19.0 Å². The molecule has 5 heteroatoms. The first kappa shape index (κ1) is 19.2.